The van der Waals surface area contributed by atoms with E-state index in [-0.39, 0.29) is 48.5 Å². The molecule has 1 saturated heterocycles. The van der Waals surface area contributed by atoms with Gasteiger partial charge in [0, 0.05) is 26.1 Å². The Balaban J connectivity index is 1.74. The summed E-state index contributed by atoms with van der Waals surface area (Å²) in [5, 5.41) is 22.4. The van der Waals surface area contributed by atoms with Gasteiger partial charge in [-0.3, -0.25) is 19.8 Å². The summed E-state index contributed by atoms with van der Waals surface area (Å²) in [5.74, 6) is -0.539. The number of methoxy groups -OCH3 is 1. The number of fused-ring (bicyclic) bond motifs is 1. The molecule has 2 heterocycles. The number of anilines is 1. The average Bonchev–Trinajstić information content (AvgIpc) is 2.90. The summed E-state index contributed by atoms with van der Waals surface area (Å²) in [7, 11) is 1.30. The monoisotopic (exact) mass is 575 g/mol. The Kier molecular flexibility index (Phi) is 8.50. The van der Waals surface area contributed by atoms with Crippen LogP contribution in [0.5, 0.6) is 0 Å². The molecule has 1 aliphatic carbocycles. The van der Waals surface area contributed by atoms with E-state index in [1.807, 2.05) is 24.3 Å². The average molecular weight is 576 g/mol. The number of amides is 1. The van der Waals surface area contributed by atoms with Gasteiger partial charge in [-0.15, -0.1) is 0 Å². The summed E-state index contributed by atoms with van der Waals surface area (Å²) in [6, 6.07) is 6.81. The quantitative estimate of drug-likeness (QED) is 0.235. The van der Waals surface area contributed by atoms with E-state index in [1.54, 1.807) is 25.7 Å². The summed E-state index contributed by atoms with van der Waals surface area (Å²) in [4.78, 5) is 49.5. The van der Waals surface area contributed by atoms with Gasteiger partial charge in [-0.05, 0) is 62.8 Å². The number of ether oxygens (including phenoxy) is 2. The van der Waals surface area contributed by atoms with Gasteiger partial charge in [0.1, 0.15) is 11.3 Å². The Morgan fingerprint density at radius 2 is 1.98 bits per heavy atom. The molecule has 2 aliphatic rings. The number of carbonyl (C=O) groups is 2. The number of esters is 1. The Morgan fingerprint density at radius 1 is 1.25 bits per heavy atom. The van der Waals surface area contributed by atoms with E-state index in [4.69, 9.17) is 21.1 Å². The molecule has 1 aromatic carbocycles. The highest BCUT2D eigenvalue weighted by Gasteiger charge is 2.47. The van der Waals surface area contributed by atoms with Crippen molar-refractivity contribution in [2.24, 2.45) is 0 Å². The third-order valence-corrected chi connectivity index (χ3v) is 7.51. The molecule has 1 aromatic heterocycles. The Labute approximate surface area is 237 Å². The maximum absolute atomic E-state index is 13.3. The number of nitrogens with zero attached hydrogens (tertiary/aromatic N) is 5. The first kappa shape index (κ1) is 29.5. The highest BCUT2D eigenvalue weighted by molar-refractivity contribution is 6.28. The van der Waals surface area contributed by atoms with Gasteiger partial charge in [0.05, 0.1) is 30.1 Å². The normalized spacial score (nSPS) is 21.0. The van der Waals surface area contributed by atoms with Crippen molar-refractivity contribution in [1.82, 2.24) is 14.9 Å². The summed E-state index contributed by atoms with van der Waals surface area (Å²) in [6.45, 7) is 5.20. The topological polar surface area (TPSA) is 148 Å². The van der Waals surface area contributed by atoms with Crippen molar-refractivity contribution >= 4 is 35.2 Å². The number of aliphatic hydroxyl groups excluding tert-OH is 1. The molecule has 0 bridgehead atoms. The van der Waals surface area contributed by atoms with E-state index >= 15 is 0 Å². The van der Waals surface area contributed by atoms with Crippen LogP contribution in [0.1, 0.15) is 50.4 Å². The summed E-state index contributed by atoms with van der Waals surface area (Å²) < 4.78 is 10.7. The number of piperazine rings is 1. The van der Waals surface area contributed by atoms with Gasteiger partial charge in [-0.1, -0.05) is 24.3 Å². The van der Waals surface area contributed by atoms with Crippen molar-refractivity contribution < 1.29 is 29.1 Å². The fourth-order valence-corrected chi connectivity index (χ4v) is 5.81. The number of benzene rings is 1. The molecule has 216 valence electrons. The molecule has 0 saturated carbocycles. The summed E-state index contributed by atoms with van der Waals surface area (Å²) in [6.07, 6.45) is 1.20. The second kappa shape index (κ2) is 11.5. The molecule has 1 N–H and O–H groups in total. The highest BCUT2D eigenvalue weighted by Crippen LogP contribution is 2.43. The molecule has 12 nitrogen and oxygen atoms in total. The molecule has 2 aromatic rings. The van der Waals surface area contributed by atoms with Crippen LogP contribution in [-0.2, 0) is 32.5 Å². The summed E-state index contributed by atoms with van der Waals surface area (Å²) >= 11 is 6.32. The fourth-order valence-electron chi connectivity index (χ4n) is 5.62. The zero-order chi connectivity index (χ0) is 29.2. The zero-order valence-corrected chi connectivity index (χ0v) is 23.8. The Hall–Kier alpha value is -3.51. The number of rotatable bonds is 6. The SMILES string of the molecule is COC(=O)C1(Cc2nc(Cl)nc(N3CCN(C(=O)OC(C)(C)C)[C@@H](CO)C3)c2[N+](=O)[O-])CCCc2ccccc21. The fraction of sp³-hybridized carbons (Fsp3) is 0.556. The van der Waals surface area contributed by atoms with Crippen LogP contribution in [0.2, 0.25) is 5.28 Å². The van der Waals surface area contributed by atoms with Gasteiger partial charge < -0.3 is 19.5 Å². The molecule has 13 heteroatoms. The molecule has 2 atom stereocenters. The number of aliphatic hydroxyl groups is 1. The van der Waals surface area contributed by atoms with Crippen molar-refractivity contribution in [1.29, 1.82) is 0 Å². The first-order valence-corrected chi connectivity index (χ1v) is 13.5. The van der Waals surface area contributed by atoms with Crippen LogP contribution in [0.3, 0.4) is 0 Å². The number of aryl methyl sites for hydroxylation is 1. The molecule has 0 radical (unpaired) electrons. The van der Waals surface area contributed by atoms with Gasteiger partial charge in [0.25, 0.3) is 0 Å². The molecule has 4 rings (SSSR count). The predicted octanol–water partition coefficient (Wildman–Crippen LogP) is 3.45. The second-order valence-corrected chi connectivity index (χ2v) is 11.4. The lowest BCUT2D eigenvalue weighted by atomic mass is 9.67. The van der Waals surface area contributed by atoms with Gasteiger partial charge >= 0.3 is 17.7 Å². The van der Waals surface area contributed by atoms with Crippen LogP contribution in [-0.4, -0.2) is 82.0 Å². The standard InChI is InChI=1S/C27H34ClN5O7/c1-26(2,3)40-25(36)32-13-12-31(15-18(32)16-34)22-21(33(37)38)20(29-24(28)30-22)14-27(23(35)39-4)11-7-9-17-8-5-6-10-19(17)27/h5-6,8,10,18,34H,7,9,11-16H2,1-4H3/t18-,27?/m1/s1. The van der Waals surface area contributed by atoms with Crippen LogP contribution >= 0.6 is 11.6 Å². The molecule has 0 spiro atoms. The van der Waals surface area contributed by atoms with E-state index in [2.05, 4.69) is 9.97 Å². The number of halogens is 1. The smallest absolute Gasteiger partial charge is 0.410 e. The van der Waals surface area contributed by atoms with E-state index in [9.17, 15) is 24.8 Å². The Morgan fingerprint density at radius 3 is 2.62 bits per heavy atom. The molecular formula is C27H34ClN5O7. The first-order chi connectivity index (χ1) is 18.9. The third kappa shape index (κ3) is 5.83. The molecule has 1 unspecified atom stereocenters. The number of aromatic nitrogens is 2. The largest absolute Gasteiger partial charge is 0.468 e. The first-order valence-electron chi connectivity index (χ1n) is 13.1. The van der Waals surface area contributed by atoms with Crippen molar-refractivity contribution in [3.63, 3.8) is 0 Å². The molecule has 40 heavy (non-hydrogen) atoms. The minimum absolute atomic E-state index is 0.0113. The van der Waals surface area contributed by atoms with Gasteiger partial charge in [-0.2, -0.15) is 4.98 Å². The lowest BCUT2D eigenvalue weighted by Crippen LogP contribution is -2.57. The van der Waals surface area contributed by atoms with Crippen molar-refractivity contribution in [3.05, 3.63) is 56.5 Å². The molecular weight excluding hydrogens is 542 g/mol. The van der Waals surface area contributed by atoms with E-state index in [0.717, 1.165) is 17.5 Å². The molecule has 1 aliphatic heterocycles. The highest BCUT2D eigenvalue weighted by atomic mass is 35.5. The number of nitro groups is 1. The Bertz CT molecular complexity index is 1300. The maximum Gasteiger partial charge on any atom is 0.410 e. The van der Waals surface area contributed by atoms with Crippen LogP contribution in [0.15, 0.2) is 24.3 Å². The maximum atomic E-state index is 13.3. The number of hydrogen-bond acceptors (Lipinski definition) is 10. The van der Waals surface area contributed by atoms with Crippen molar-refractivity contribution in [2.75, 3.05) is 38.3 Å². The van der Waals surface area contributed by atoms with E-state index in [1.165, 1.54) is 12.0 Å². The lowest BCUT2D eigenvalue weighted by molar-refractivity contribution is -0.385. The van der Waals surface area contributed by atoms with Gasteiger partial charge in [-0.25, -0.2) is 9.78 Å². The molecule has 1 amide bonds. The minimum atomic E-state index is -1.19. The number of hydrogen-bond donors (Lipinski definition) is 1. The van der Waals surface area contributed by atoms with Crippen LogP contribution in [0.25, 0.3) is 0 Å². The van der Waals surface area contributed by atoms with E-state index in [0.29, 0.717) is 12.8 Å². The number of carbonyl (C=O) groups excluding carboxylic acids is 2. The second-order valence-electron chi connectivity index (χ2n) is 11.1. The summed E-state index contributed by atoms with van der Waals surface area (Å²) in [5.41, 5.74) is -0.548. The van der Waals surface area contributed by atoms with E-state index < -0.39 is 40.7 Å². The molecule has 1 fully saturated rings. The van der Waals surface area contributed by atoms with Crippen LogP contribution < -0.4 is 4.90 Å². The van der Waals surface area contributed by atoms with Gasteiger partial charge in [0.15, 0.2) is 0 Å². The predicted molar refractivity (Wildman–Crippen MR) is 147 cm³/mol. The minimum Gasteiger partial charge on any atom is -0.468 e. The van der Waals surface area contributed by atoms with Gasteiger partial charge in [0.2, 0.25) is 11.1 Å². The van der Waals surface area contributed by atoms with Crippen LogP contribution in [0, 0.1) is 10.1 Å². The van der Waals surface area contributed by atoms with Crippen molar-refractivity contribution in [2.45, 2.75) is 63.5 Å². The van der Waals surface area contributed by atoms with Crippen LogP contribution in [0.4, 0.5) is 16.3 Å². The zero-order valence-electron chi connectivity index (χ0n) is 23.1. The third-order valence-electron chi connectivity index (χ3n) is 7.34. The lowest BCUT2D eigenvalue weighted by Gasteiger charge is -2.41. The van der Waals surface area contributed by atoms with Crippen molar-refractivity contribution in [3.8, 4) is 0 Å².